The Kier molecular flexibility index (Phi) is 4.58. The maximum atomic E-state index is 12.7. The molecule has 0 saturated heterocycles. The van der Waals surface area contributed by atoms with Crippen LogP contribution in [0.2, 0.25) is 0 Å². The summed E-state index contributed by atoms with van der Waals surface area (Å²) in [6, 6.07) is 15.7. The Labute approximate surface area is 176 Å². The summed E-state index contributed by atoms with van der Waals surface area (Å²) in [5, 5.41) is 6.51. The molecule has 1 atom stereocenters. The van der Waals surface area contributed by atoms with E-state index in [-0.39, 0.29) is 11.9 Å². The number of benzene rings is 2. The van der Waals surface area contributed by atoms with Gasteiger partial charge >= 0.3 is 0 Å². The Hall–Kier alpha value is -3.47. The Balaban J connectivity index is 1.59. The fraction of sp³-hybridized carbons (Fsp3) is 0.240. The minimum absolute atomic E-state index is 0.0506. The van der Waals surface area contributed by atoms with Gasteiger partial charge in [0.05, 0.1) is 11.6 Å². The third-order valence-electron chi connectivity index (χ3n) is 5.93. The number of para-hydroxylation sites is 1. The second-order valence-corrected chi connectivity index (χ2v) is 8.04. The minimum Gasteiger partial charge on any atom is -0.461 e. The van der Waals surface area contributed by atoms with Crippen molar-refractivity contribution >= 4 is 34.6 Å². The monoisotopic (exact) mass is 399 g/mol. The number of rotatable bonds is 4. The van der Waals surface area contributed by atoms with Gasteiger partial charge in [-0.3, -0.25) is 4.79 Å². The summed E-state index contributed by atoms with van der Waals surface area (Å²) in [5.41, 5.74) is 12.3. The van der Waals surface area contributed by atoms with Gasteiger partial charge in [0.25, 0.3) is 5.91 Å². The predicted octanol–water partition coefficient (Wildman–Crippen LogP) is 5.41. The second kappa shape index (κ2) is 7.41. The third kappa shape index (κ3) is 3.26. The number of furan rings is 1. The second-order valence-electron chi connectivity index (χ2n) is 8.04. The van der Waals surface area contributed by atoms with Crippen LogP contribution in [0.1, 0.15) is 54.0 Å². The van der Waals surface area contributed by atoms with Crippen LogP contribution in [0.3, 0.4) is 0 Å². The Morgan fingerprint density at radius 3 is 2.77 bits per heavy atom. The first-order chi connectivity index (χ1) is 14.6. The van der Waals surface area contributed by atoms with E-state index in [1.165, 1.54) is 5.56 Å². The van der Waals surface area contributed by atoms with Gasteiger partial charge in [-0.15, -0.1) is 0 Å². The topological polar surface area (TPSA) is 80.3 Å². The van der Waals surface area contributed by atoms with Gasteiger partial charge in [-0.05, 0) is 68.2 Å². The largest absolute Gasteiger partial charge is 0.461 e. The van der Waals surface area contributed by atoms with Gasteiger partial charge in [0.15, 0.2) is 0 Å². The molecule has 152 valence electrons. The van der Waals surface area contributed by atoms with Crippen molar-refractivity contribution in [2.24, 2.45) is 0 Å². The Morgan fingerprint density at radius 2 is 1.93 bits per heavy atom. The number of carbonyl (C=O) groups excluding carboxylic acids is 1. The lowest BCUT2D eigenvalue weighted by atomic mass is 9.91. The molecule has 3 aromatic rings. The first-order valence-electron chi connectivity index (χ1n) is 10.5. The maximum absolute atomic E-state index is 12.7. The van der Waals surface area contributed by atoms with E-state index in [1.54, 1.807) is 6.07 Å². The number of hydrogen-bond donors (Lipinski definition) is 3. The number of amides is 1. The molecule has 5 heteroatoms. The van der Waals surface area contributed by atoms with Crippen molar-refractivity contribution in [3.63, 3.8) is 0 Å². The average molecular weight is 399 g/mol. The van der Waals surface area contributed by atoms with Gasteiger partial charge < -0.3 is 20.8 Å². The molecule has 4 N–H and O–H groups in total. The number of nitrogen functional groups attached to an aromatic ring is 1. The number of hydrogen-bond acceptors (Lipinski definition) is 4. The van der Waals surface area contributed by atoms with Crippen molar-refractivity contribution in [2.45, 2.75) is 38.6 Å². The van der Waals surface area contributed by atoms with Gasteiger partial charge in [0, 0.05) is 34.6 Å². The SMILES string of the molecule is CC(Nc1ccccc1)c1c(C=C2C(=O)Nc3ccc(N)cc32)oc2c1CCCC2. The highest BCUT2D eigenvalue weighted by atomic mass is 16.3. The Bertz CT molecular complexity index is 1140. The fourth-order valence-electron chi connectivity index (χ4n) is 4.53. The smallest absolute Gasteiger partial charge is 0.256 e. The number of nitrogens with two attached hydrogens (primary N) is 1. The number of aryl methyl sites for hydroxylation is 1. The van der Waals surface area contributed by atoms with Crippen LogP contribution in [-0.2, 0) is 17.6 Å². The van der Waals surface area contributed by atoms with Gasteiger partial charge in [-0.1, -0.05) is 18.2 Å². The van der Waals surface area contributed by atoms with Crippen LogP contribution in [0.4, 0.5) is 17.1 Å². The number of fused-ring (bicyclic) bond motifs is 2. The van der Waals surface area contributed by atoms with E-state index < -0.39 is 0 Å². The minimum atomic E-state index is -0.125. The molecule has 0 spiro atoms. The van der Waals surface area contributed by atoms with Crippen LogP contribution < -0.4 is 16.4 Å². The molecule has 0 bridgehead atoms. The molecule has 1 aliphatic heterocycles. The predicted molar refractivity (Wildman–Crippen MR) is 121 cm³/mol. The normalized spacial score (nSPS) is 17.4. The van der Waals surface area contributed by atoms with Crippen LogP contribution in [0.15, 0.2) is 52.9 Å². The van der Waals surface area contributed by atoms with Gasteiger partial charge in [-0.2, -0.15) is 0 Å². The molecule has 0 radical (unpaired) electrons. The third-order valence-corrected chi connectivity index (χ3v) is 5.93. The highest BCUT2D eigenvalue weighted by molar-refractivity contribution is 6.35. The molecule has 5 rings (SSSR count). The summed E-state index contributed by atoms with van der Waals surface area (Å²) < 4.78 is 6.32. The van der Waals surface area contributed by atoms with Crippen molar-refractivity contribution in [3.8, 4) is 0 Å². The van der Waals surface area contributed by atoms with Crippen LogP contribution in [-0.4, -0.2) is 5.91 Å². The van der Waals surface area contributed by atoms with E-state index >= 15 is 0 Å². The summed E-state index contributed by atoms with van der Waals surface area (Å²) in [6.45, 7) is 2.15. The highest BCUT2D eigenvalue weighted by Gasteiger charge is 2.29. The van der Waals surface area contributed by atoms with Gasteiger partial charge in [-0.25, -0.2) is 0 Å². The molecule has 2 aliphatic rings. The first kappa shape index (κ1) is 18.6. The lowest BCUT2D eigenvalue weighted by molar-refractivity contribution is -0.110. The maximum Gasteiger partial charge on any atom is 0.256 e. The number of carbonyl (C=O) groups is 1. The zero-order chi connectivity index (χ0) is 20.7. The summed E-state index contributed by atoms with van der Waals surface area (Å²) in [4.78, 5) is 12.7. The summed E-state index contributed by atoms with van der Waals surface area (Å²) >= 11 is 0. The summed E-state index contributed by atoms with van der Waals surface area (Å²) in [7, 11) is 0. The molecule has 5 nitrogen and oxygen atoms in total. The van der Waals surface area contributed by atoms with E-state index in [0.29, 0.717) is 11.3 Å². The van der Waals surface area contributed by atoms with Gasteiger partial charge in [0.1, 0.15) is 11.5 Å². The van der Waals surface area contributed by atoms with Crippen LogP contribution >= 0.6 is 0 Å². The quantitative estimate of drug-likeness (QED) is 0.405. The summed E-state index contributed by atoms with van der Waals surface area (Å²) in [6.07, 6.45) is 6.13. The van der Waals surface area contributed by atoms with E-state index in [1.807, 2.05) is 36.4 Å². The average Bonchev–Trinajstić information content (AvgIpc) is 3.26. The van der Waals surface area contributed by atoms with Crippen LogP contribution in [0.5, 0.6) is 0 Å². The number of anilines is 3. The molecule has 0 saturated carbocycles. The van der Waals surface area contributed by atoms with Crippen LogP contribution in [0.25, 0.3) is 11.6 Å². The molecule has 1 unspecified atom stereocenters. The van der Waals surface area contributed by atoms with Crippen molar-refractivity contribution in [2.75, 3.05) is 16.4 Å². The highest BCUT2D eigenvalue weighted by Crippen LogP contribution is 2.39. The fourth-order valence-corrected chi connectivity index (χ4v) is 4.53. The zero-order valence-electron chi connectivity index (χ0n) is 17.0. The molecular weight excluding hydrogens is 374 g/mol. The van der Waals surface area contributed by atoms with Gasteiger partial charge in [0.2, 0.25) is 0 Å². The molecule has 2 aromatic carbocycles. The Morgan fingerprint density at radius 1 is 1.13 bits per heavy atom. The molecule has 0 fully saturated rings. The van der Waals surface area contributed by atoms with Crippen molar-refractivity contribution in [3.05, 3.63) is 76.7 Å². The van der Waals surface area contributed by atoms with E-state index in [4.69, 9.17) is 10.2 Å². The van der Waals surface area contributed by atoms with Crippen molar-refractivity contribution in [1.82, 2.24) is 0 Å². The molecule has 1 aliphatic carbocycles. The molecule has 1 aromatic heterocycles. The van der Waals surface area contributed by atoms with Crippen molar-refractivity contribution in [1.29, 1.82) is 0 Å². The zero-order valence-corrected chi connectivity index (χ0v) is 17.0. The van der Waals surface area contributed by atoms with Crippen LogP contribution in [0, 0.1) is 0 Å². The summed E-state index contributed by atoms with van der Waals surface area (Å²) in [5.74, 6) is 1.69. The van der Waals surface area contributed by atoms with E-state index in [0.717, 1.165) is 59.7 Å². The lowest BCUT2D eigenvalue weighted by Crippen LogP contribution is -2.11. The number of nitrogens with one attached hydrogen (secondary N) is 2. The van der Waals surface area contributed by atoms with Crippen molar-refractivity contribution < 1.29 is 9.21 Å². The molecular formula is C25H25N3O2. The molecule has 1 amide bonds. The lowest BCUT2D eigenvalue weighted by Gasteiger charge is -2.18. The molecule has 2 heterocycles. The van der Waals surface area contributed by atoms with E-state index in [2.05, 4.69) is 29.7 Å². The standard InChI is InChI=1S/C25H25N3O2/c1-15(27-17-7-3-2-4-8-17)24-18-9-5-6-10-22(18)30-23(24)14-20-19-13-16(26)11-12-21(19)28-25(20)29/h2-4,7-8,11-15,27H,5-6,9-10,26H2,1H3,(H,28,29). The molecule has 30 heavy (non-hydrogen) atoms. The first-order valence-corrected chi connectivity index (χ1v) is 10.5. The van der Waals surface area contributed by atoms with E-state index in [9.17, 15) is 4.79 Å².